The Morgan fingerprint density at radius 1 is 1.00 bits per heavy atom. The van der Waals surface area contributed by atoms with Gasteiger partial charge in [0.25, 0.3) is 0 Å². The lowest BCUT2D eigenvalue weighted by atomic mass is 9.99. The minimum absolute atomic E-state index is 0.0291. The first-order valence-corrected chi connectivity index (χ1v) is 9.73. The van der Waals surface area contributed by atoms with Gasteiger partial charge < -0.3 is 24.5 Å². The van der Waals surface area contributed by atoms with E-state index in [0.29, 0.717) is 12.0 Å². The van der Waals surface area contributed by atoms with Crippen LogP contribution in [0.25, 0.3) is 21.9 Å². The van der Waals surface area contributed by atoms with Crippen LogP contribution in [0.3, 0.4) is 0 Å². The molecule has 0 aliphatic heterocycles. The van der Waals surface area contributed by atoms with Gasteiger partial charge in [0, 0.05) is 23.8 Å². The van der Waals surface area contributed by atoms with E-state index in [2.05, 4.69) is 19.9 Å². The number of phenolic OH excluding ortho intramolecular Hbond substituents is 3. The molecular formula is C24H26O6. The summed E-state index contributed by atoms with van der Waals surface area (Å²) in [5.74, 6) is -0.550. The van der Waals surface area contributed by atoms with Crippen LogP contribution in [0, 0.1) is 0 Å². The van der Waals surface area contributed by atoms with Crippen LogP contribution in [-0.4, -0.2) is 22.4 Å². The Bertz CT molecular complexity index is 1230. The smallest absolute Gasteiger partial charge is 0.204 e. The number of rotatable bonds is 6. The highest BCUT2D eigenvalue weighted by molar-refractivity contribution is 5.96. The molecule has 0 aliphatic carbocycles. The van der Waals surface area contributed by atoms with E-state index in [0.717, 1.165) is 24.5 Å². The van der Waals surface area contributed by atoms with Crippen LogP contribution in [-0.2, 0) is 6.42 Å². The highest BCUT2D eigenvalue weighted by Crippen LogP contribution is 2.39. The Kier molecular flexibility index (Phi) is 6.06. The number of fused-ring (bicyclic) bond motifs is 2. The molecule has 0 amide bonds. The number of methoxy groups -OCH3 is 1. The predicted molar refractivity (Wildman–Crippen MR) is 118 cm³/mol. The summed E-state index contributed by atoms with van der Waals surface area (Å²) in [4.78, 5) is 13.2. The predicted octanol–water partition coefficient (Wildman–Crippen LogP) is 5.31. The molecule has 0 saturated heterocycles. The van der Waals surface area contributed by atoms with Gasteiger partial charge in [-0.2, -0.15) is 0 Å². The van der Waals surface area contributed by atoms with Gasteiger partial charge in [0.2, 0.25) is 5.43 Å². The van der Waals surface area contributed by atoms with E-state index in [1.807, 2.05) is 13.0 Å². The third-order valence-electron chi connectivity index (χ3n) is 5.01. The van der Waals surface area contributed by atoms with E-state index < -0.39 is 5.43 Å². The van der Waals surface area contributed by atoms with Crippen molar-refractivity contribution in [1.29, 1.82) is 0 Å². The van der Waals surface area contributed by atoms with Crippen LogP contribution < -0.4 is 10.2 Å². The molecule has 0 radical (unpaired) electrons. The summed E-state index contributed by atoms with van der Waals surface area (Å²) in [5.41, 5.74) is 2.63. The lowest BCUT2D eigenvalue weighted by Crippen LogP contribution is -2.07. The lowest BCUT2D eigenvalue weighted by Gasteiger charge is -2.13. The second-order valence-corrected chi connectivity index (χ2v) is 7.62. The summed E-state index contributed by atoms with van der Waals surface area (Å²) < 4.78 is 11.1. The molecule has 0 spiro atoms. The number of hydrogen-bond donors (Lipinski definition) is 3. The molecule has 158 valence electrons. The van der Waals surface area contributed by atoms with E-state index in [4.69, 9.17) is 9.15 Å². The van der Waals surface area contributed by atoms with Gasteiger partial charge in [-0.1, -0.05) is 23.3 Å². The number of aromatic hydroxyl groups is 3. The van der Waals surface area contributed by atoms with Crippen LogP contribution in [0.2, 0.25) is 0 Å². The first-order valence-electron chi connectivity index (χ1n) is 9.73. The van der Waals surface area contributed by atoms with Gasteiger partial charge in [-0.25, -0.2) is 0 Å². The monoisotopic (exact) mass is 410 g/mol. The molecule has 6 nitrogen and oxygen atoms in total. The molecule has 6 heteroatoms. The van der Waals surface area contributed by atoms with Crippen molar-refractivity contribution >= 4 is 21.9 Å². The molecule has 0 bridgehead atoms. The van der Waals surface area contributed by atoms with E-state index in [1.165, 1.54) is 24.8 Å². The molecule has 1 aromatic heterocycles. The fourth-order valence-corrected chi connectivity index (χ4v) is 3.54. The van der Waals surface area contributed by atoms with Gasteiger partial charge in [0.15, 0.2) is 11.5 Å². The van der Waals surface area contributed by atoms with Crippen LogP contribution >= 0.6 is 0 Å². The maximum atomic E-state index is 13.2. The second-order valence-electron chi connectivity index (χ2n) is 7.62. The fourth-order valence-electron chi connectivity index (χ4n) is 3.54. The summed E-state index contributed by atoms with van der Waals surface area (Å²) in [6.07, 6.45) is 6.31. The Hall–Kier alpha value is -3.41. The summed E-state index contributed by atoms with van der Waals surface area (Å²) >= 11 is 0. The maximum absolute atomic E-state index is 13.2. The van der Waals surface area contributed by atoms with Gasteiger partial charge in [0.1, 0.15) is 28.1 Å². The largest absolute Gasteiger partial charge is 0.508 e. The van der Waals surface area contributed by atoms with Crippen molar-refractivity contribution in [3.05, 3.63) is 57.3 Å². The zero-order chi connectivity index (χ0) is 22.0. The summed E-state index contributed by atoms with van der Waals surface area (Å²) in [6.45, 7) is 6.13. The third kappa shape index (κ3) is 4.13. The van der Waals surface area contributed by atoms with Crippen LogP contribution in [0.15, 0.2) is 50.7 Å². The van der Waals surface area contributed by atoms with E-state index in [9.17, 15) is 20.1 Å². The Morgan fingerprint density at radius 2 is 1.70 bits per heavy atom. The van der Waals surface area contributed by atoms with E-state index in [1.54, 1.807) is 0 Å². The highest BCUT2D eigenvalue weighted by atomic mass is 16.5. The molecule has 3 N–H and O–H groups in total. The molecule has 2 aromatic carbocycles. The average molecular weight is 410 g/mol. The van der Waals surface area contributed by atoms with Crippen molar-refractivity contribution in [2.75, 3.05) is 7.11 Å². The molecule has 0 atom stereocenters. The van der Waals surface area contributed by atoms with Crippen molar-refractivity contribution in [2.45, 2.75) is 40.0 Å². The SMILES string of the molecule is COc1c(O)cc2oc3cc(O)cc(O)c3c(=O)c2c1C/C=C(\C)CCC=C(C)C. The summed E-state index contributed by atoms with van der Waals surface area (Å²) in [5, 5.41) is 30.5. The second kappa shape index (κ2) is 8.53. The van der Waals surface area contributed by atoms with Gasteiger partial charge in [-0.15, -0.1) is 0 Å². The first kappa shape index (κ1) is 21.3. The van der Waals surface area contributed by atoms with Gasteiger partial charge in [0.05, 0.1) is 12.5 Å². The molecule has 0 saturated carbocycles. The fraction of sp³-hybridized carbons (Fsp3) is 0.292. The van der Waals surface area contributed by atoms with E-state index in [-0.39, 0.29) is 44.9 Å². The number of hydrogen-bond acceptors (Lipinski definition) is 6. The zero-order valence-corrected chi connectivity index (χ0v) is 17.6. The lowest BCUT2D eigenvalue weighted by molar-refractivity contribution is 0.370. The zero-order valence-electron chi connectivity index (χ0n) is 17.6. The molecule has 1 heterocycles. The topological polar surface area (TPSA) is 100 Å². The first-order chi connectivity index (χ1) is 14.2. The van der Waals surface area contributed by atoms with Crippen molar-refractivity contribution in [3.8, 4) is 23.0 Å². The molecule has 3 aromatic rings. The van der Waals surface area contributed by atoms with Crippen molar-refractivity contribution in [1.82, 2.24) is 0 Å². The van der Waals surface area contributed by atoms with Crippen LogP contribution in [0.4, 0.5) is 0 Å². The Labute approximate surface area is 174 Å². The van der Waals surface area contributed by atoms with Crippen molar-refractivity contribution < 1.29 is 24.5 Å². The highest BCUT2D eigenvalue weighted by Gasteiger charge is 2.21. The number of benzene rings is 2. The molecule has 0 fully saturated rings. The standard InChI is InChI=1S/C24H26O6/c1-13(2)6-5-7-14(3)8-9-16-21-20(12-18(27)24(16)29-4)30-19-11-15(25)10-17(26)22(19)23(21)28/h6,8,10-12,25-27H,5,7,9H2,1-4H3/b14-8+. The van der Waals surface area contributed by atoms with Crippen molar-refractivity contribution in [2.24, 2.45) is 0 Å². The maximum Gasteiger partial charge on any atom is 0.204 e. The van der Waals surface area contributed by atoms with Gasteiger partial charge in [-0.3, -0.25) is 4.79 Å². The number of allylic oxidation sites excluding steroid dienone is 4. The summed E-state index contributed by atoms with van der Waals surface area (Å²) in [6, 6.07) is 3.66. The third-order valence-corrected chi connectivity index (χ3v) is 5.01. The summed E-state index contributed by atoms with van der Waals surface area (Å²) in [7, 11) is 1.42. The molecule has 0 unspecified atom stereocenters. The molecular weight excluding hydrogens is 384 g/mol. The van der Waals surface area contributed by atoms with Crippen LogP contribution in [0.1, 0.15) is 39.2 Å². The Balaban J connectivity index is 2.20. The minimum Gasteiger partial charge on any atom is -0.508 e. The van der Waals surface area contributed by atoms with Gasteiger partial charge in [-0.05, 0) is 40.0 Å². The van der Waals surface area contributed by atoms with E-state index >= 15 is 0 Å². The molecule has 30 heavy (non-hydrogen) atoms. The normalized spacial score (nSPS) is 11.8. The number of ether oxygens (including phenoxy) is 1. The quantitative estimate of drug-likeness (QED) is 0.376. The van der Waals surface area contributed by atoms with Gasteiger partial charge >= 0.3 is 0 Å². The molecule has 3 rings (SSSR count). The number of phenols is 3. The Morgan fingerprint density at radius 3 is 2.37 bits per heavy atom. The molecule has 0 aliphatic rings. The minimum atomic E-state index is -0.451. The van der Waals surface area contributed by atoms with Crippen molar-refractivity contribution in [3.63, 3.8) is 0 Å². The average Bonchev–Trinajstić information content (AvgIpc) is 2.64. The van der Waals surface area contributed by atoms with Crippen LogP contribution in [0.5, 0.6) is 23.0 Å².